The van der Waals surface area contributed by atoms with E-state index in [1.807, 2.05) is 27.7 Å². The first-order valence-electron chi connectivity index (χ1n) is 4.55. The molecule has 0 saturated heterocycles. The minimum atomic E-state index is -0.776. The average molecular weight is 188 g/mol. The Morgan fingerprint density at radius 1 is 1.38 bits per heavy atom. The number of hydrogen-bond acceptors (Lipinski definition) is 3. The van der Waals surface area contributed by atoms with Crippen molar-refractivity contribution in [3.63, 3.8) is 0 Å². The minimum Gasteiger partial charge on any atom is -0.469 e. The Morgan fingerprint density at radius 2 is 1.85 bits per heavy atom. The fourth-order valence-corrected chi connectivity index (χ4v) is 1.59. The summed E-state index contributed by atoms with van der Waals surface area (Å²) in [7, 11) is 1.36. The van der Waals surface area contributed by atoms with Crippen molar-refractivity contribution in [3.05, 3.63) is 0 Å². The van der Waals surface area contributed by atoms with Gasteiger partial charge in [0.2, 0.25) is 0 Å². The summed E-state index contributed by atoms with van der Waals surface area (Å²) in [5, 5.41) is 9.31. The Hall–Kier alpha value is -0.570. The first-order valence-corrected chi connectivity index (χ1v) is 4.55. The Kier molecular flexibility index (Phi) is 3.91. The lowest BCUT2D eigenvalue weighted by Gasteiger charge is -2.40. The lowest BCUT2D eigenvalue weighted by atomic mass is 9.65. The zero-order valence-corrected chi connectivity index (χ0v) is 9.18. The summed E-state index contributed by atoms with van der Waals surface area (Å²) in [6.07, 6.45) is 0.583. The number of hydrogen-bond donors (Lipinski definition) is 1. The van der Waals surface area contributed by atoms with Crippen LogP contribution < -0.4 is 0 Å². The van der Waals surface area contributed by atoms with Gasteiger partial charge in [-0.1, -0.05) is 27.7 Å². The molecule has 0 aliphatic heterocycles. The highest BCUT2D eigenvalue weighted by atomic mass is 16.5. The lowest BCUT2D eigenvalue weighted by molar-refractivity contribution is -0.164. The molecular weight excluding hydrogens is 168 g/mol. The molecule has 3 nitrogen and oxygen atoms in total. The molecule has 0 aliphatic carbocycles. The second-order valence-electron chi connectivity index (χ2n) is 4.34. The van der Waals surface area contributed by atoms with E-state index in [-0.39, 0.29) is 18.0 Å². The van der Waals surface area contributed by atoms with Crippen molar-refractivity contribution in [2.75, 3.05) is 13.7 Å². The van der Waals surface area contributed by atoms with Crippen LogP contribution in [-0.2, 0) is 9.53 Å². The minimum absolute atomic E-state index is 0.167. The Balaban J connectivity index is 5.03. The quantitative estimate of drug-likeness (QED) is 0.684. The SMILES string of the molecule is CCC(CO)(C(=O)OC)C(C)(C)C. The largest absolute Gasteiger partial charge is 0.469 e. The zero-order valence-electron chi connectivity index (χ0n) is 9.18. The van der Waals surface area contributed by atoms with Crippen LogP contribution in [-0.4, -0.2) is 24.8 Å². The zero-order chi connectivity index (χ0) is 10.7. The van der Waals surface area contributed by atoms with Gasteiger partial charge >= 0.3 is 5.97 Å². The van der Waals surface area contributed by atoms with Gasteiger partial charge in [0.05, 0.1) is 19.1 Å². The highest BCUT2D eigenvalue weighted by Gasteiger charge is 2.47. The maximum atomic E-state index is 11.6. The molecule has 0 aromatic heterocycles. The van der Waals surface area contributed by atoms with Gasteiger partial charge in [-0.05, 0) is 11.8 Å². The molecule has 0 radical (unpaired) electrons. The predicted molar refractivity (Wildman–Crippen MR) is 51.3 cm³/mol. The van der Waals surface area contributed by atoms with Gasteiger partial charge in [0.25, 0.3) is 0 Å². The summed E-state index contributed by atoms with van der Waals surface area (Å²) in [5.74, 6) is -0.329. The first kappa shape index (κ1) is 12.4. The number of carbonyl (C=O) groups excluding carboxylic acids is 1. The summed E-state index contributed by atoms with van der Waals surface area (Å²) < 4.78 is 4.73. The number of esters is 1. The molecule has 78 valence electrons. The van der Waals surface area contributed by atoms with Crippen molar-refractivity contribution >= 4 is 5.97 Å². The fourth-order valence-electron chi connectivity index (χ4n) is 1.59. The Bertz CT molecular complexity index is 175. The Labute approximate surface area is 80.1 Å². The maximum Gasteiger partial charge on any atom is 0.314 e. The summed E-state index contributed by atoms with van der Waals surface area (Å²) in [4.78, 5) is 11.6. The highest BCUT2D eigenvalue weighted by Crippen LogP contribution is 2.42. The second kappa shape index (κ2) is 4.09. The van der Waals surface area contributed by atoms with Crippen LogP contribution in [0.1, 0.15) is 34.1 Å². The van der Waals surface area contributed by atoms with E-state index in [0.717, 1.165) is 0 Å². The standard InChI is InChI=1S/C10H20O3/c1-6-10(7-11,8(12)13-5)9(2,3)4/h11H,6-7H2,1-5H3. The van der Waals surface area contributed by atoms with E-state index in [9.17, 15) is 9.90 Å². The van der Waals surface area contributed by atoms with E-state index in [2.05, 4.69) is 0 Å². The van der Waals surface area contributed by atoms with E-state index in [1.165, 1.54) is 7.11 Å². The van der Waals surface area contributed by atoms with Crippen molar-refractivity contribution in [3.8, 4) is 0 Å². The molecule has 1 unspecified atom stereocenters. The smallest absolute Gasteiger partial charge is 0.314 e. The molecule has 0 aromatic carbocycles. The van der Waals surface area contributed by atoms with Gasteiger partial charge in [-0.3, -0.25) is 4.79 Å². The number of methoxy groups -OCH3 is 1. The molecule has 0 aromatic rings. The van der Waals surface area contributed by atoms with Crippen molar-refractivity contribution in [2.45, 2.75) is 34.1 Å². The van der Waals surface area contributed by atoms with Gasteiger partial charge in [-0.25, -0.2) is 0 Å². The molecule has 1 N–H and O–H groups in total. The van der Waals surface area contributed by atoms with Gasteiger partial charge in [-0.15, -0.1) is 0 Å². The summed E-state index contributed by atoms with van der Waals surface area (Å²) in [5.41, 5.74) is -1.06. The number of ether oxygens (including phenoxy) is 1. The van der Waals surface area contributed by atoms with Crippen LogP contribution in [0.3, 0.4) is 0 Å². The van der Waals surface area contributed by atoms with Crippen molar-refractivity contribution in [2.24, 2.45) is 10.8 Å². The molecule has 0 aliphatic rings. The molecule has 0 spiro atoms. The molecule has 0 rings (SSSR count). The van der Waals surface area contributed by atoms with Gasteiger partial charge in [0, 0.05) is 0 Å². The molecule has 0 bridgehead atoms. The predicted octanol–water partition coefficient (Wildman–Crippen LogP) is 1.59. The van der Waals surface area contributed by atoms with Gasteiger partial charge in [0.1, 0.15) is 0 Å². The lowest BCUT2D eigenvalue weighted by Crippen LogP contribution is -2.46. The van der Waals surface area contributed by atoms with Crippen LogP contribution in [0.15, 0.2) is 0 Å². The number of rotatable bonds is 3. The fraction of sp³-hybridized carbons (Fsp3) is 0.900. The van der Waals surface area contributed by atoms with Crippen LogP contribution in [0.2, 0.25) is 0 Å². The van der Waals surface area contributed by atoms with E-state index in [4.69, 9.17) is 4.74 Å². The van der Waals surface area contributed by atoms with Crippen LogP contribution in [0.25, 0.3) is 0 Å². The monoisotopic (exact) mass is 188 g/mol. The molecule has 0 saturated carbocycles. The molecule has 0 amide bonds. The maximum absolute atomic E-state index is 11.6. The number of aliphatic hydroxyl groups excluding tert-OH is 1. The number of aliphatic hydroxyl groups is 1. The van der Waals surface area contributed by atoms with Crippen LogP contribution in [0.5, 0.6) is 0 Å². The van der Waals surface area contributed by atoms with Crippen LogP contribution in [0, 0.1) is 10.8 Å². The molecule has 0 fully saturated rings. The van der Waals surface area contributed by atoms with Gasteiger partial charge in [0.15, 0.2) is 0 Å². The average Bonchev–Trinajstić information content (AvgIpc) is 2.04. The topological polar surface area (TPSA) is 46.5 Å². The summed E-state index contributed by atoms with van der Waals surface area (Å²) in [6, 6.07) is 0. The Morgan fingerprint density at radius 3 is 1.92 bits per heavy atom. The third-order valence-corrected chi connectivity index (χ3v) is 2.89. The van der Waals surface area contributed by atoms with E-state index >= 15 is 0 Å². The molecule has 3 heteroatoms. The molecule has 1 atom stereocenters. The second-order valence-corrected chi connectivity index (χ2v) is 4.34. The van der Waals surface area contributed by atoms with Crippen molar-refractivity contribution in [1.82, 2.24) is 0 Å². The normalized spacial score (nSPS) is 16.5. The molecular formula is C10H20O3. The van der Waals surface area contributed by atoms with E-state index < -0.39 is 5.41 Å². The first-order chi connectivity index (χ1) is 5.85. The highest BCUT2D eigenvalue weighted by molar-refractivity contribution is 5.77. The van der Waals surface area contributed by atoms with E-state index in [1.54, 1.807) is 0 Å². The molecule has 13 heavy (non-hydrogen) atoms. The van der Waals surface area contributed by atoms with Crippen molar-refractivity contribution < 1.29 is 14.6 Å². The van der Waals surface area contributed by atoms with Crippen LogP contribution >= 0.6 is 0 Å². The number of carbonyl (C=O) groups is 1. The van der Waals surface area contributed by atoms with Crippen molar-refractivity contribution in [1.29, 1.82) is 0 Å². The van der Waals surface area contributed by atoms with Crippen LogP contribution in [0.4, 0.5) is 0 Å². The van der Waals surface area contributed by atoms with E-state index in [0.29, 0.717) is 6.42 Å². The van der Waals surface area contributed by atoms with Gasteiger partial charge in [-0.2, -0.15) is 0 Å². The summed E-state index contributed by atoms with van der Waals surface area (Å²) in [6.45, 7) is 7.52. The van der Waals surface area contributed by atoms with Gasteiger partial charge < -0.3 is 9.84 Å². The summed E-state index contributed by atoms with van der Waals surface area (Å²) >= 11 is 0. The third-order valence-electron chi connectivity index (χ3n) is 2.89. The molecule has 0 heterocycles. The third kappa shape index (κ3) is 2.02.